The fraction of sp³-hybridized carbons (Fsp3) is 0.545. The van der Waals surface area contributed by atoms with Crippen molar-refractivity contribution in [3.8, 4) is 0 Å². The Morgan fingerprint density at radius 1 is 1.59 bits per heavy atom. The van der Waals surface area contributed by atoms with E-state index in [1.807, 2.05) is 18.2 Å². The van der Waals surface area contributed by atoms with Crippen molar-refractivity contribution in [3.05, 3.63) is 34.6 Å². The maximum absolute atomic E-state index is 5.47. The van der Waals surface area contributed by atoms with Crippen LogP contribution in [0, 0.1) is 5.41 Å². The monoisotopic (exact) mass is 300 g/mol. The van der Waals surface area contributed by atoms with Gasteiger partial charge in [-0.05, 0) is 39.6 Å². The van der Waals surface area contributed by atoms with Gasteiger partial charge >= 0.3 is 0 Å². The molecule has 0 radical (unpaired) electrons. The normalized spacial score (nSPS) is 18.7. The summed E-state index contributed by atoms with van der Waals surface area (Å²) in [5.74, 6) is 0. The van der Waals surface area contributed by atoms with Gasteiger partial charge in [-0.3, -0.25) is 0 Å². The number of ether oxygens (including phenoxy) is 1. The summed E-state index contributed by atoms with van der Waals surface area (Å²) in [4.78, 5) is 4.39. The molecule has 6 heteroatoms. The van der Waals surface area contributed by atoms with Crippen LogP contribution in [0.4, 0.5) is 0 Å². The summed E-state index contributed by atoms with van der Waals surface area (Å²) in [5, 5.41) is 3.93. The van der Waals surface area contributed by atoms with Crippen LogP contribution in [0.3, 0.4) is 0 Å². The highest BCUT2D eigenvalue weighted by molar-refractivity contribution is 9.10. The number of rotatable bonds is 4. The molecule has 4 N–H and O–H groups in total. The lowest BCUT2D eigenvalue weighted by molar-refractivity contribution is -0.234. The molecular formula is C11H17BrN4O. The summed E-state index contributed by atoms with van der Waals surface area (Å²) >= 11 is 3.35. The van der Waals surface area contributed by atoms with E-state index in [1.165, 1.54) is 0 Å². The molecule has 0 saturated carbocycles. The van der Waals surface area contributed by atoms with Gasteiger partial charge < -0.3 is 10.9 Å². The summed E-state index contributed by atoms with van der Waals surface area (Å²) in [5.41, 5.74) is 6.57. The molecule has 0 amide bonds. The van der Waals surface area contributed by atoms with E-state index in [1.54, 1.807) is 0 Å². The molecule has 5 nitrogen and oxygen atoms in total. The quantitative estimate of drug-likeness (QED) is 0.682. The second kappa shape index (κ2) is 5.66. The molecule has 0 aromatic carbocycles. The second-order valence-corrected chi connectivity index (χ2v) is 5.37. The van der Waals surface area contributed by atoms with Crippen molar-refractivity contribution in [3.63, 3.8) is 0 Å². The lowest BCUT2D eigenvalue weighted by Gasteiger charge is -2.38. The van der Waals surface area contributed by atoms with Gasteiger partial charge in [0.15, 0.2) is 6.04 Å². The maximum Gasteiger partial charge on any atom is 0.154 e. The fourth-order valence-electron chi connectivity index (χ4n) is 1.88. The summed E-state index contributed by atoms with van der Waals surface area (Å²) in [7, 11) is 0. The Morgan fingerprint density at radius 2 is 2.29 bits per heavy atom. The minimum atomic E-state index is -0.0496. The van der Waals surface area contributed by atoms with Crippen molar-refractivity contribution < 1.29 is 10.3 Å². The number of hydrogen-bond acceptors (Lipinski definition) is 3. The minimum Gasteiger partial charge on any atom is -0.693 e. The molecule has 0 spiro atoms. The second-order valence-electron chi connectivity index (χ2n) is 4.56. The third-order valence-electron chi connectivity index (χ3n) is 2.85. The number of nitrogens with zero attached hydrogens (tertiary/aromatic N) is 2. The molecule has 2 heterocycles. The first-order valence-electron chi connectivity index (χ1n) is 5.23. The molecule has 1 saturated heterocycles. The van der Waals surface area contributed by atoms with Crippen molar-refractivity contribution in [2.24, 2.45) is 10.5 Å². The third-order valence-corrected chi connectivity index (χ3v) is 3.29. The maximum atomic E-state index is 5.47. The fourth-order valence-corrected chi connectivity index (χ4v) is 2.24. The standard InChI is InChI=1S/C11H14BrN3O.H2N/c1-11(6-16-7-11)5-9(15-13)8-3-2-4-10(12)14-8;/h2-4,9,13H,5-7H2,1H3;1H2/q;-1/p+1. The van der Waals surface area contributed by atoms with Crippen LogP contribution in [0.25, 0.3) is 6.15 Å². The van der Waals surface area contributed by atoms with Gasteiger partial charge in [0.25, 0.3) is 0 Å². The topological polar surface area (TPSA) is 93.6 Å². The Morgan fingerprint density at radius 3 is 2.76 bits per heavy atom. The molecule has 1 aliphatic heterocycles. The Kier molecular flexibility index (Phi) is 4.73. The van der Waals surface area contributed by atoms with Crippen molar-refractivity contribution in [1.29, 1.82) is 0 Å². The zero-order valence-corrected chi connectivity index (χ0v) is 11.4. The van der Waals surface area contributed by atoms with Crippen LogP contribution >= 0.6 is 15.9 Å². The van der Waals surface area contributed by atoms with E-state index < -0.39 is 0 Å². The first kappa shape index (κ1) is 14.2. The van der Waals surface area contributed by atoms with E-state index in [2.05, 4.69) is 33.0 Å². The van der Waals surface area contributed by atoms with Gasteiger partial charge in [0.05, 0.1) is 18.9 Å². The molecular weight excluding hydrogens is 284 g/mol. The molecule has 1 aromatic heterocycles. The Bertz CT molecular complexity index is 395. The molecule has 1 atom stereocenters. The largest absolute Gasteiger partial charge is 0.693 e. The first-order valence-corrected chi connectivity index (χ1v) is 6.02. The number of aromatic nitrogens is 1. The van der Waals surface area contributed by atoms with Crippen LogP contribution in [0.2, 0.25) is 0 Å². The van der Waals surface area contributed by atoms with E-state index in [0.29, 0.717) is 0 Å². The molecule has 1 unspecified atom stereocenters. The summed E-state index contributed by atoms with van der Waals surface area (Å²) in [6.45, 7) is 3.76. The highest BCUT2D eigenvalue weighted by atomic mass is 79.9. The molecule has 1 fully saturated rings. The van der Waals surface area contributed by atoms with Gasteiger partial charge in [0.1, 0.15) is 4.60 Å². The highest BCUT2D eigenvalue weighted by Crippen LogP contribution is 2.37. The molecule has 0 aliphatic carbocycles. The first-order chi connectivity index (χ1) is 7.63. The summed E-state index contributed by atoms with van der Waals surface area (Å²) in [6, 6.07) is 5.75. The molecule has 0 bridgehead atoms. The Labute approximate surface area is 109 Å². The van der Waals surface area contributed by atoms with Crippen LogP contribution in [0.5, 0.6) is 0 Å². The Hall–Kier alpha value is -0.850. The van der Waals surface area contributed by atoms with Gasteiger partial charge in [-0.2, -0.15) is 5.53 Å². The van der Waals surface area contributed by atoms with Crippen molar-refractivity contribution in [2.45, 2.75) is 19.4 Å². The van der Waals surface area contributed by atoms with Crippen molar-refractivity contribution >= 4 is 15.9 Å². The van der Waals surface area contributed by atoms with Crippen LogP contribution in [0.1, 0.15) is 25.1 Å². The van der Waals surface area contributed by atoms with Crippen molar-refractivity contribution in [2.75, 3.05) is 13.2 Å². The number of pyridine rings is 1. The van der Waals surface area contributed by atoms with Gasteiger partial charge in [-0.25, -0.2) is 4.98 Å². The number of halogens is 1. The highest BCUT2D eigenvalue weighted by Gasteiger charge is 2.37. The summed E-state index contributed by atoms with van der Waals surface area (Å²) in [6.07, 6.45) is 0.882. The van der Waals surface area contributed by atoms with E-state index in [-0.39, 0.29) is 17.6 Å². The third kappa shape index (κ3) is 3.31. The van der Waals surface area contributed by atoms with Crippen molar-refractivity contribution in [1.82, 2.24) is 4.98 Å². The molecule has 1 aliphatic rings. The predicted molar refractivity (Wildman–Crippen MR) is 67.9 cm³/mol. The molecule has 1 aromatic rings. The van der Waals surface area contributed by atoms with Gasteiger partial charge in [-0.1, -0.05) is 13.0 Å². The van der Waals surface area contributed by atoms with E-state index in [4.69, 9.17) is 10.3 Å². The number of nitrogens with two attached hydrogens (primary N) is 2. The lowest BCUT2D eigenvalue weighted by atomic mass is 9.81. The molecule has 94 valence electrons. The summed E-state index contributed by atoms with van der Waals surface area (Å²) < 4.78 is 6.04. The zero-order chi connectivity index (χ0) is 11.6. The van der Waals surface area contributed by atoms with Crippen LogP contribution in [-0.2, 0) is 4.74 Å². The van der Waals surface area contributed by atoms with Gasteiger partial charge in [0, 0.05) is 5.41 Å². The Balaban J connectivity index is 0.00000144. The number of hydrogen-bond donors (Lipinski definition) is 1. The smallest absolute Gasteiger partial charge is 0.154 e. The average molecular weight is 301 g/mol. The lowest BCUT2D eigenvalue weighted by Crippen LogP contribution is -2.41. The minimum absolute atomic E-state index is 0. The van der Waals surface area contributed by atoms with E-state index in [9.17, 15) is 0 Å². The van der Waals surface area contributed by atoms with Crippen LogP contribution < -0.4 is 5.53 Å². The predicted octanol–water partition coefficient (Wildman–Crippen LogP) is 2.24. The van der Waals surface area contributed by atoms with E-state index >= 15 is 0 Å². The average Bonchev–Trinajstić information content (AvgIpc) is 2.23. The molecule has 17 heavy (non-hydrogen) atoms. The van der Waals surface area contributed by atoms with Gasteiger partial charge in [-0.15, -0.1) is 0 Å². The van der Waals surface area contributed by atoms with Crippen LogP contribution in [0.15, 0.2) is 27.9 Å². The SMILES string of the molecule is CC1(CC(N=[NH2+])c2cccc(Br)n2)COC1.[NH2-]. The van der Waals surface area contributed by atoms with Crippen LogP contribution in [-0.4, -0.2) is 18.2 Å². The molecule has 2 rings (SSSR count). The van der Waals surface area contributed by atoms with Gasteiger partial charge in [0.2, 0.25) is 0 Å². The van der Waals surface area contributed by atoms with E-state index in [0.717, 1.165) is 29.9 Å². The zero-order valence-electron chi connectivity index (χ0n) is 9.77.